The van der Waals surface area contributed by atoms with Crippen molar-refractivity contribution >= 4 is 5.69 Å². The summed E-state index contributed by atoms with van der Waals surface area (Å²) < 4.78 is 3.97. The van der Waals surface area contributed by atoms with Crippen LogP contribution >= 0.6 is 0 Å². The molecule has 0 saturated carbocycles. The molecule has 5 heteroatoms. The fourth-order valence-corrected chi connectivity index (χ4v) is 2.22. The summed E-state index contributed by atoms with van der Waals surface area (Å²) in [5, 5.41) is 11.6. The Balaban J connectivity index is 1.85. The molecular formula is C15H17N5. The second-order valence-electron chi connectivity index (χ2n) is 4.85. The second-order valence-corrected chi connectivity index (χ2v) is 4.85. The van der Waals surface area contributed by atoms with Gasteiger partial charge < -0.3 is 14.5 Å². The molecule has 0 aliphatic carbocycles. The van der Waals surface area contributed by atoms with E-state index < -0.39 is 0 Å². The van der Waals surface area contributed by atoms with Crippen LogP contribution in [0.1, 0.15) is 5.56 Å². The molecule has 2 aromatic heterocycles. The Hall–Kier alpha value is -2.56. The summed E-state index contributed by atoms with van der Waals surface area (Å²) >= 11 is 0. The number of nitrogens with zero attached hydrogens (tertiary/aromatic N) is 4. The Morgan fingerprint density at radius 2 is 2.00 bits per heavy atom. The van der Waals surface area contributed by atoms with Gasteiger partial charge in [0.25, 0.3) is 0 Å². The molecule has 0 aliphatic rings. The highest BCUT2D eigenvalue weighted by Crippen LogP contribution is 2.25. The minimum Gasteiger partial charge on any atom is -0.380 e. The Bertz CT molecular complexity index is 710. The van der Waals surface area contributed by atoms with E-state index in [9.17, 15) is 0 Å². The average Bonchev–Trinajstić information content (AvgIpc) is 3.05. The minimum absolute atomic E-state index is 0.787. The number of nitrogens with one attached hydrogen (secondary N) is 1. The van der Waals surface area contributed by atoms with Crippen LogP contribution in [0.25, 0.3) is 11.4 Å². The molecule has 3 rings (SSSR count). The number of rotatable bonds is 4. The predicted molar refractivity (Wildman–Crippen MR) is 79.2 cm³/mol. The number of aromatic nitrogens is 4. The molecule has 5 nitrogen and oxygen atoms in total. The normalized spacial score (nSPS) is 10.7. The van der Waals surface area contributed by atoms with Gasteiger partial charge in [0, 0.05) is 44.3 Å². The van der Waals surface area contributed by atoms with Crippen LogP contribution in [0.15, 0.2) is 49.1 Å². The van der Waals surface area contributed by atoms with Crippen LogP contribution in [-0.2, 0) is 20.6 Å². The van der Waals surface area contributed by atoms with E-state index in [1.165, 1.54) is 5.56 Å². The summed E-state index contributed by atoms with van der Waals surface area (Å²) in [6.07, 6.45) is 5.87. The maximum atomic E-state index is 4.17. The first-order valence-electron chi connectivity index (χ1n) is 6.52. The van der Waals surface area contributed by atoms with Crippen LogP contribution in [0.2, 0.25) is 0 Å². The van der Waals surface area contributed by atoms with E-state index in [1.54, 1.807) is 6.33 Å². The van der Waals surface area contributed by atoms with E-state index in [4.69, 9.17) is 0 Å². The molecule has 0 atom stereocenters. The van der Waals surface area contributed by atoms with E-state index in [2.05, 4.69) is 39.9 Å². The second kappa shape index (κ2) is 5.21. The van der Waals surface area contributed by atoms with Crippen LogP contribution < -0.4 is 5.32 Å². The van der Waals surface area contributed by atoms with Gasteiger partial charge in [0.05, 0.1) is 0 Å². The van der Waals surface area contributed by atoms with Crippen LogP contribution in [0.3, 0.4) is 0 Å². The lowest BCUT2D eigenvalue weighted by Crippen LogP contribution is -2.02. The summed E-state index contributed by atoms with van der Waals surface area (Å²) in [5.41, 5.74) is 3.37. The summed E-state index contributed by atoms with van der Waals surface area (Å²) in [6.45, 7) is 0.787. The zero-order valence-corrected chi connectivity index (χ0v) is 11.6. The van der Waals surface area contributed by atoms with Gasteiger partial charge in [0.2, 0.25) is 0 Å². The molecule has 0 aliphatic heterocycles. The SMILES string of the molecule is Cn1ccc(CNc2ccccc2-c2nncn2C)c1. The molecule has 102 valence electrons. The molecule has 0 bridgehead atoms. The van der Waals surface area contributed by atoms with Crippen molar-refractivity contribution in [3.8, 4) is 11.4 Å². The third-order valence-electron chi connectivity index (χ3n) is 3.26. The van der Waals surface area contributed by atoms with Crippen molar-refractivity contribution in [2.45, 2.75) is 6.54 Å². The first-order chi connectivity index (χ1) is 9.74. The lowest BCUT2D eigenvalue weighted by molar-refractivity contribution is 0.917. The van der Waals surface area contributed by atoms with E-state index in [1.807, 2.05) is 41.6 Å². The van der Waals surface area contributed by atoms with Crippen molar-refractivity contribution in [2.75, 3.05) is 5.32 Å². The van der Waals surface area contributed by atoms with Gasteiger partial charge in [-0.05, 0) is 23.8 Å². The highest BCUT2D eigenvalue weighted by molar-refractivity contribution is 5.73. The molecular weight excluding hydrogens is 250 g/mol. The molecule has 0 unspecified atom stereocenters. The number of aryl methyl sites for hydroxylation is 2. The first kappa shape index (κ1) is 12.5. The summed E-state index contributed by atoms with van der Waals surface area (Å²) in [7, 11) is 3.97. The summed E-state index contributed by atoms with van der Waals surface area (Å²) in [4.78, 5) is 0. The molecule has 0 saturated heterocycles. The van der Waals surface area contributed by atoms with Gasteiger partial charge in [-0.25, -0.2) is 0 Å². The fraction of sp³-hybridized carbons (Fsp3) is 0.200. The Kier molecular flexibility index (Phi) is 3.25. The average molecular weight is 267 g/mol. The molecule has 0 radical (unpaired) electrons. The van der Waals surface area contributed by atoms with Crippen molar-refractivity contribution in [3.63, 3.8) is 0 Å². The lowest BCUT2D eigenvalue weighted by atomic mass is 10.1. The molecule has 3 aromatic rings. The maximum Gasteiger partial charge on any atom is 0.165 e. The van der Waals surface area contributed by atoms with E-state index >= 15 is 0 Å². The van der Waals surface area contributed by atoms with E-state index in [0.29, 0.717) is 0 Å². The monoisotopic (exact) mass is 267 g/mol. The quantitative estimate of drug-likeness (QED) is 0.789. The summed E-state index contributed by atoms with van der Waals surface area (Å²) in [6, 6.07) is 10.3. The van der Waals surface area contributed by atoms with Crippen LogP contribution in [-0.4, -0.2) is 19.3 Å². The maximum absolute atomic E-state index is 4.17. The summed E-state index contributed by atoms with van der Waals surface area (Å²) in [5.74, 6) is 0.862. The number of hydrogen-bond acceptors (Lipinski definition) is 3. The highest BCUT2D eigenvalue weighted by Gasteiger charge is 2.09. The van der Waals surface area contributed by atoms with E-state index in [-0.39, 0.29) is 0 Å². The third kappa shape index (κ3) is 2.42. The minimum atomic E-state index is 0.787. The Labute approximate surface area is 117 Å². The number of benzene rings is 1. The molecule has 0 spiro atoms. The van der Waals surface area contributed by atoms with Crippen molar-refractivity contribution in [2.24, 2.45) is 14.1 Å². The molecule has 20 heavy (non-hydrogen) atoms. The van der Waals surface area contributed by atoms with Crippen LogP contribution in [0, 0.1) is 0 Å². The van der Waals surface area contributed by atoms with Gasteiger partial charge >= 0.3 is 0 Å². The largest absolute Gasteiger partial charge is 0.380 e. The smallest absolute Gasteiger partial charge is 0.165 e. The van der Waals surface area contributed by atoms with Crippen molar-refractivity contribution in [3.05, 3.63) is 54.6 Å². The van der Waals surface area contributed by atoms with Gasteiger partial charge in [-0.1, -0.05) is 12.1 Å². The Morgan fingerprint density at radius 3 is 2.70 bits per heavy atom. The molecule has 2 heterocycles. The highest BCUT2D eigenvalue weighted by atomic mass is 15.2. The van der Waals surface area contributed by atoms with Gasteiger partial charge in [-0.3, -0.25) is 0 Å². The van der Waals surface area contributed by atoms with Gasteiger partial charge in [0.1, 0.15) is 6.33 Å². The molecule has 0 fully saturated rings. The fourth-order valence-electron chi connectivity index (χ4n) is 2.22. The van der Waals surface area contributed by atoms with Crippen molar-refractivity contribution in [1.29, 1.82) is 0 Å². The topological polar surface area (TPSA) is 47.7 Å². The van der Waals surface area contributed by atoms with Gasteiger partial charge in [0.15, 0.2) is 5.82 Å². The van der Waals surface area contributed by atoms with Crippen molar-refractivity contribution < 1.29 is 0 Å². The third-order valence-corrected chi connectivity index (χ3v) is 3.26. The zero-order chi connectivity index (χ0) is 13.9. The zero-order valence-electron chi connectivity index (χ0n) is 11.6. The number of anilines is 1. The van der Waals surface area contributed by atoms with Gasteiger partial charge in [-0.15, -0.1) is 10.2 Å². The Morgan fingerprint density at radius 1 is 1.15 bits per heavy atom. The van der Waals surface area contributed by atoms with Gasteiger partial charge in [-0.2, -0.15) is 0 Å². The molecule has 1 aromatic carbocycles. The molecule has 0 amide bonds. The number of hydrogen-bond donors (Lipinski definition) is 1. The predicted octanol–water partition coefficient (Wildman–Crippen LogP) is 2.43. The first-order valence-corrected chi connectivity index (χ1v) is 6.52. The standard InChI is InChI=1S/C15H17N5/c1-19-8-7-12(10-19)9-16-14-6-4-3-5-13(14)15-18-17-11-20(15)2/h3-8,10-11,16H,9H2,1-2H3. The van der Waals surface area contributed by atoms with Crippen LogP contribution in [0.5, 0.6) is 0 Å². The molecule has 1 N–H and O–H groups in total. The lowest BCUT2D eigenvalue weighted by Gasteiger charge is -2.10. The van der Waals surface area contributed by atoms with Crippen LogP contribution in [0.4, 0.5) is 5.69 Å². The van der Waals surface area contributed by atoms with Crippen molar-refractivity contribution in [1.82, 2.24) is 19.3 Å². The van der Waals surface area contributed by atoms with E-state index in [0.717, 1.165) is 23.6 Å². The number of para-hydroxylation sites is 1.